The number of hydrogen-bond donors (Lipinski definition) is 1. The molecule has 4 aromatic rings. The van der Waals surface area contributed by atoms with Crippen molar-refractivity contribution in [2.24, 2.45) is 0 Å². The molecule has 0 atom stereocenters. The molecule has 0 aliphatic carbocycles. The van der Waals surface area contributed by atoms with Gasteiger partial charge in [-0.15, -0.1) is 11.3 Å². The quantitative estimate of drug-likeness (QED) is 0.531. The summed E-state index contributed by atoms with van der Waals surface area (Å²) >= 11 is 1.25. The Hall–Kier alpha value is -3.46. The van der Waals surface area contributed by atoms with Gasteiger partial charge in [0.15, 0.2) is 5.82 Å². The molecule has 3 aromatic heterocycles. The molecular formula is C21H20N4O4S. The Balaban J connectivity index is 1.73. The van der Waals surface area contributed by atoms with E-state index in [4.69, 9.17) is 4.52 Å². The van der Waals surface area contributed by atoms with Crippen molar-refractivity contribution in [3.05, 3.63) is 79.0 Å². The van der Waals surface area contributed by atoms with Crippen LogP contribution in [-0.4, -0.2) is 20.2 Å². The highest BCUT2D eigenvalue weighted by molar-refractivity contribution is 7.17. The molecule has 1 aromatic carbocycles. The summed E-state index contributed by atoms with van der Waals surface area (Å²) in [4.78, 5) is 38.6. The fourth-order valence-corrected chi connectivity index (χ4v) is 4.10. The Morgan fingerprint density at radius 2 is 1.90 bits per heavy atom. The number of nitrogens with one attached hydrogen (secondary N) is 1. The van der Waals surface area contributed by atoms with Gasteiger partial charge in [-0.1, -0.05) is 23.4 Å². The first kappa shape index (κ1) is 19.8. The average molecular weight is 424 g/mol. The van der Waals surface area contributed by atoms with Crippen molar-refractivity contribution in [2.75, 3.05) is 5.32 Å². The van der Waals surface area contributed by atoms with Crippen LogP contribution in [-0.2, 0) is 17.9 Å². The SMILES string of the molecule is Cc1cc(NC(=O)Cn2c(=O)n(Cc3ccc(C)c(C)c3)c(=O)c3sccc32)no1. The average Bonchev–Trinajstić information content (AvgIpc) is 3.34. The van der Waals surface area contributed by atoms with E-state index in [1.807, 2.05) is 32.0 Å². The van der Waals surface area contributed by atoms with E-state index in [0.29, 0.717) is 16.0 Å². The van der Waals surface area contributed by atoms with Crippen LogP contribution in [0.2, 0.25) is 0 Å². The van der Waals surface area contributed by atoms with Crippen LogP contribution in [0.15, 0.2) is 49.8 Å². The van der Waals surface area contributed by atoms with Gasteiger partial charge in [0.25, 0.3) is 5.56 Å². The molecule has 3 heterocycles. The van der Waals surface area contributed by atoms with Gasteiger partial charge in [-0.2, -0.15) is 0 Å². The Bertz CT molecular complexity index is 1380. The van der Waals surface area contributed by atoms with Gasteiger partial charge in [-0.05, 0) is 48.9 Å². The second kappa shape index (κ2) is 7.75. The summed E-state index contributed by atoms with van der Waals surface area (Å²) in [5.41, 5.74) is 2.63. The maximum atomic E-state index is 13.2. The van der Waals surface area contributed by atoms with Crippen LogP contribution in [0.5, 0.6) is 0 Å². The molecule has 0 aliphatic heterocycles. The van der Waals surface area contributed by atoms with Crippen LogP contribution in [0.4, 0.5) is 5.82 Å². The molecule has 8 nitrogen and oxygen atoms in total. The molecule has 0 radical (unpaired) electrons. The second-order valence-electron chi connectivity index (χ2n) is 7.18. The van der Waals surface area contributed by atoms with Crippen LogP contribution in [0, 0.1) is 20.8 Å². The highest BCUT2D eigenvalue weighted by Gasteiger charge is 2.17. The Morgan fingerprint density at radius 3 is 2.60 bits per heavy atom. The Kier molecular flexibility index (Phi) is 5.13. The van der Waals surface area contributed by atoms with Gasteiger partial charge in [0.1, 0.15) is 17.0 Å². The van der Waals surface area contributed by atoms with E-state index in [2.05, 4.69) is 10.5 Å². The Labute approximate surface area is 175 Å². The first-order valence-electron chi connectivity index (χ1n) is 9.33. The van der Waals surface area contributed by atoms with Crippen molar-refractivity contribution >= 4 is 33.3 Å². The van der Waals surface area contributed by atoms with Crippen molar-refractivity contribution in [1.29, 1.82) is 0 Å². The molecule has 1 amide bonds. The molecule has 1 N–H and O–H groups in total. The molecule has 4 rings (SSSR count). The van der Waals surface area contributed by atoms with Crippen LogP contribution in [0.25, 0.3) is 10.2 Å². The van der Waals surface area contributed by atoms with Crippen molar-refractivity contribution in [1.82, 2.24) is 14.3 Å². The third kappa shape index (κ3) is 3.71. The van der Waals surface area contributed by atoms with Crippen molar-refractivity contribution in [3.8, 4) is 0 Å². The lowest BCUT2D eigenvalue weighted by atomic mass is 10.1. The zero-order chi connectivity index (χ0) is 21.4. The third-order valence-corrected chi connectivity index (χ3v) is 5.84. The van der Waals surface area contributed by atoms with Gasteiger partial charge in [0, 0.05) is 6.07 Å². The van der Waals surface area contributed by atoms with Gasteiger partial charge in [0.2, 0.25) is 5.91 Å². The fourth-order valence-electron chi connectivity index (χ4n) is 3.26. The smallest absolute Gasteiger partial charge is 0.332 e. The first-order valence-corrected chi connectivity index (χ1v) is 10.2. The number of thiophene rings is 1. The molecule has 154 valence electrons. The molecule has 0 saturated carbocycles. The summed E-state index contributed by atoms with van der Waals surface area (Å²) in [6, 6.07) is 9.09. The maximum absolute atomic E-state index is 13.2. The van der Waals surface area contributed by atoms with Gasteiger partial charge in [-0.3, -0.25) is 18.7 Å². The largest absolute Gasteiger partial charge is 0.360 e. The lowest BCUT2D eigenvalue weighted by molar-refractivity contribution is -0.116. The van der Waals surface area contributed by atoms with Gasteiger partial charge >= 0.3 is 5.69 Å². The molecule has 0 fully saturated rings. The number of carbonyl (C=O) groups is 1. The molecule has 30 heavy (non-hydrogen) atoms. The van der Waals surface area contributed by atoms with Gasteiger partial charge < -0.3 is 9.84 Å². The second-order valence-corrected chi connectivity index (χ2v) is 8.10. The summed E-state index contributed by atoms with van der Waals surface area (Å²) in [7, 11) is 0. The number of amides is 1. The number of rotatable bonds is 5. The molecule has 0 bridgehead atoms. The summed E-state index contributed by atoms with van der Waals surface area (Å²) in [6.07, 6.45) is 0. The molecule has 0 unspecified atom stereocenters. The summed E-state index contributed by atoms with van der Waals surface area (Å²) in [6.45, 7) is 5.59. The minimum absolute atomic E-state index is 0.136. The molecule has 0 spiro atoms. The van der Waals surface area contributed by atoms with E-state index in [1.54, 1.807) is 24.4 Å². The van der Waals surface area contributed by atoms with Crippen LogP contribution in [0.1, 0.15) is 22.5 Å². The number of anilines is 1. The van der Waals surface area contributed by atoms with Crippen LogP contribution in [0.3, 0.4) is 0 Å². The number of aromatic nitrogens is 3. The molecular weight excluding hydrogens is 404 g/mol. The topological polar surface area (TPSA) is 99.1 Å². The number of benzene rings is 1. The minimum Gasteiger partial charge on any atom is -0.360 e. The Morgan fingerprint density at radius 1 is 1.10 bits per heavy atom. The zero-order valence-electron chi connectivity index (χ0n) is 16.8. The third-order valence-electron chi connectivity index (χ3n) is 4.95. The summed E-state index contributed by atoms with van der Waals surface area (Å²) in [5, 5.41) is 8.07. The standard InChI is InChI=1S/C21H20N4O4S/c1-12-4-5-15(8-13(12)2)10-25-20(27)19-16(6-7-30-19)24(21(25)28)11-18(26)22-17-9-14(3)29-23-17/h4-9H,10-11H2,1-3H3,(H,22,23,26). The van der Waals surface area contributed by atoms with Gasteiger partial charge in [-0.25, -0.2) is 4.79 Å². The fraction of sp³-hybridized carbons (Fsp3) is 0.238. The predicted octanol–water partition coefficient (Wildman–Crippen LogP) is 2.82. The monoisotopic (exact) mass is 424 g/mol. The van der Waals surface area contributed by atoms with E-state index in [-0.39, 0.29) is 24.5 Å². The van der Waals surface area contributed by atoms with Crippen molar-refractivity contribution in [3.63, 3.8) is 0 Å². The van der Waals surface area contributed by atoms with E-state index < -0.39 is 11.6 Å². The molecule has 0 aliphatic rings. The van der Waals surface area contributed by atoms with E-state index >= 15 is 0 Å². The summed E-state index contributed by atoms with van der Waals surface area (Å²) < 4.78 is 7.87. The summed E-state index contributed by atoms with van der Waals surface area (Å²) in [5.74, 6) is 0.398. The van der Waals surface area contributed by atoms with E-state index in [0.717, 1.165) is 16.7 Å². The van der Waals surface area contributed by atoms with E-state index in [1.165, 1.54) is 20.5 Å². The van der Waals surface area contributed by atoms with Crippen molar-refractivity contribution in [2.45, 2.75) is 33.9 Å². The maximum Gasteiger partial charge on any atom is 0.332 e. The zero-order valence-corrected chi connectivity index (χ0v) is 17.6. The lowest BCUT2D eigenvalue weighted by Crippen LogP contribution is -2.41. The molecule has 9 heteroatoms. The first-order chi connectivity index (χ1) is 14.3. The highest BCUT2D eigenvalue weighted by atomic mass is 32.1. The number of aryl methyl sites for hydroxylation is 3. The normalized spacial score (nSPS) is 11.2. The van der Waals surface area contributed by atoms with E-state index in [9.17, 15) is 14.4 Å². The predicted molar refractivity (Wildman–Crippen MR) is 115 cm³/mol. The molecule has 0 saturated heterocycles. The van der Waals surface area contributed by atoms with Crippen molar-refractivity contribution < 1.29 is 9.32 Å². The minimum atomic E-state index is -0.532. The highest BCUT2D eigenvalue weighted by Crippen LogP contribution is 2.16. The van der Waals surface area contributed by atoms with Crippen LogP contribution < -0.4 is 16.6 Å². The lowest BCUT2D eigenvalue weighted by Gasteiger charge is -2.12. The number of fused-ring (bicyclic) bond motifs is 1. The number of carbonyl (C=O) groups excluding carboxylic acids is 1. The van der Waals surface area contributed by atoms with Gasteiger partial charge in [0.05, 0.1) is 12.1 Å². The number of hydrogen-bond acceptors (Lipinski definition) is 6. The van der Waals surface area contributed by atoms with Crippen LogP contribution >= 0.6 is 11.3 Å². The number of nitrogens with zero attached hydrogens (tertiary/aromatic N) is 3.